The molecule has 0 unspecified atom stereocenters. The van der Waals surface area contributed by atoms with Crippen LogP contribution in [0.15, 0.2) is 36.7 Å². The van der Waals surface area contributed by atoms with Crippen molar-refractivity contribution in [2.75, 3.05) is 5.32 Å². The van der Waals surface area contributed by atoms with Crippen LogP contribution in [-0.2, 0) is 11.2 Å². The van der Waals surface area contributed by atoms with Crippen molar-refractivity contribution >= 4 is 11.8 Å². The summed E-state index contributed by atoms with van der Waals surface area (Å²) >= 11 is 0. The molecule has 6 heteroatoms. The first kappa shape index (κ1) is 17.4. The molecule has 132 valence electrons. The molecule has 0 spiro atoms. The Hall–Kier alpha value is -2.47. The van der Waals surface area contributed by atoms with E-state index in [1.54, 1.807) is 12.4 Å². The number of aryl methyl sites for hydroxylation is 1. The smallest absolute Gasteiger partial charge is 0.303 e. The fourth-order valence-corrected chi connectivity index (χ4v) is 3.18. The fraction of sp³-hybridized carbons (Fsp3) is 0.421. The van der Waals surface area contributed by atoms with E-state index >= 15 is 0 Å². The number of hydrogen-bond donors (Lipinski definition) is 3. The molecule has 0 saturated heterocycles. The highest BCUT2D eigenvalue weighted by Gasteiger charge is 2.18. The van der Waals surface area contributed by atoms with E-state index in [0.29, 0.717) is 18.5 Å². The number of rotatable bonds is 6. The molecule has 1 saturated carbocycles. The van der Waals surface area contributed by atoms with E-state index in [0.717, 1.165) is 48.3 Å². The lowest BCUT2D eigenvalue weighted by Crippen LogP contribution is -2.33. The predicted molar refractivity (Wildman–Crippen MR) is 97.3 cm³/mol. The van der Waals surface area contributed by atoms with Gasteiger partial charge in [0.1, 0.15) is 5.82 Å². The lowest BCUT2D eigenvalue weighted by molar-refractivity contribution is -0.136. The Balaban J connectivity index is 1.70. The summed E-state index contributed by atoms with van der Waals surface area (Å²) < 4.78 is 0. The van der Waals surface area contributed by atoms with Crippen LogP contribution in [0.4, 0.5) is 5.82 Å². The number of nitrogens with one attached hydrogen (secondary N) is 1. The third-order valence-corrected chi connectivity index (χ3v) is 4.61. The number of nitrogens with two attached hydrogens (primary N) is 1. The van der Waals surface area contributed by atoms with E-state index in [1.165, 1.54) is 0 Å². The van der Waals surface area contributed by atoms with Crippen molar-refractivity contribution in [3.8, 4) is 11.3 Å². The second-order valence-corrected chi connectivity index (χ2v) is 6.64. The number of carboxylic acids is 1. The van der Waals surface area contributed by atoms with Crippen molar-refractivity contribution in [2.45, 2.75) is 50.6 Å². The summed E-state index contributed by atoms with van der Waals surface area (Å²) in [7, 11) is 0. The summed E-state index contributed by atoms with van der Waals surface area (Å²) in [6, 6.07) is 8.54. The first-order valence-electron chi connectivity index (χ1n) is 8.75. The third kappa shape index (κ3) is 5.00. The highest BCUT2D eigenvalue weighted by atomic mass is 16.4. The molecule has 4 N–H and O–H groups in total. The number of aromatic nitrogens is 2. The quantitative estimate of drug-likeness (QED) is 0.747. The van der Waals surface area contributed by atoms with Crippen molar-refractivity contribution in [3.63, 3.8) is 0 Å². The zero-order valence-corrected chi connectivity index (χ0v) is 14.2. The summed E-state index contributed by atoms with van der Waals surface area (Å²) in [4.78, 5) is 19.7. The van der Waals surface area contributed by atoms with Crippen LogP contribution in [0.3, 0.4) is 0 Å². The predicted octanol–water partition coefficient (Wildman–Crippen LogP) is 2.84. The van der Waals surface area contributed by atoms with E-state index < -0.39 is 5.97 Å². The lowest BCUT2D eigenvalue weighted by atomic mass is 9.92. The monoisotopic (exact) mass is 340 g/mol. The van der Waals surface area contributed by atoms with Crippen LogP contribution in [0.1, 0.15) is 37.7 Å². The third-order valence-electron chi connectivity index (χ3n) is 4.61. The van der Waals surface area contributed by atoms with E-state index in [2.05, 4.69) is 15.3 Å². The van der Waals surface area contributed by atoms with Crippen molar-refractivity contribution in [1.29, 1.82) is 0 Å². The molecule has 1 aromatic carbocycles. The minimum absolute atomic E-state index is 0.126. The largest absolute Gasteiger partial charge is 0.481 e. The van der Waals surface area contributed by atoms with E-state index in [9.17, 15) is 4.79 Å². The summed E-state index contributed by atoms with van der Waals surface area (Å²) in [6.45, 7) is 0. The normalized spacial score (nSPS) is 20.2. The van der Waals surface area contributed by atoms with Crippen LogP contribution in [0.25, 0.3) is 11.3 Å². The highest BCUT2D eigenvalue weighted by molar-refractivity contribution is 5.67. The Morgan fingerprint density at radius 1 is 1.24 bits per heavy atom. The topological polar surface area (TPSA) is 101 Å². The van der Waals surface area contributed by atoms with Gasteiger partial charge < -0.3 is 16.2 Å². The Labute approximate surface area is 147 Å². The number of benzene rings is 1. The van der Waals surface area contributed by atoms with Crippen LogP contribution >= 0.6 is 0 Å². The molecule has 1 fully saturated rings. The molecule has 1 aromatic heterocycles. The molecule has 2 aromatic rings. The number of nitrogens with zero attached hydrogens (tertiary/aromatic N) is 2. The minimum Gasteiger partial charge on any atom is -0.481 e. The maximum Gasteiger partial charge on any atom is 0.303 e. The van der Waals surface area contributed by atoms with Crippen molar-refractivity contribution < 1.29 is 9.90 Å². The second-order valence-electron chi connectivity index (χ2n) is 6.64. The first-order chi connectivity index (χ1) is 12.1. The highest BCUT2D eigenvalue weighted by Crippen LogP contribution is 2.23. The Morgan fingerprint density at radius 2 is 2.04 bits per heavy atom. The Kier molecular flexibility index (Phi) is 5.60. The Morgan fingerprint density at radius 3 is 2.80 bits per heavy atom. The van der Waals surface area contributed by atoms with Gasteiger partial charge in [-0.05, 0) is 43.7 Å². The van der Waals surface area contributed by atoms with Gasteiger partial charge in [0.2, 0.25) is 0 Å². The molecule has 25 heavy (non-hydrogen) atoms. The average molecular weight is 340 g/mol. The summed E-state index contributed by atoms with van der Waals surface area (Å²) in [5, 5.41) is 12.3. The van der Waals surface area contributed by atoms with Crippen LogP contribution in [-0.4, -0.2) is 33.1 Å². The number of aliphatic carboxylic acids is 1. The van der Waals surface area contributed by atoms with Crippen LogP contribution in [0.2, 0.25) is 0 Å². The van der Waals surface area contributed by atoms with Crippen LogP contribution in [0, 0.1) is 0 Å². The molecule has 0 radical (unpaired) electrons. The summed E-state index contributed by atoms with van der Waals surface area (Å²) in [5.41, 5.74) is 8.68. The van der Waals surface area contributed by atoms with Gasteiger partial charge in [-0.3, -0.25) is 9.78 Å². The number of hydrogen-bond acceptors (Lipinski definition) is 5. The molecular weight excluding hydrogens is 316 g/mol. The van der Waals surface area contributed by atoms with E-state index in [-0.39, 0.29) is 6.42 Å². The van der Waals surface area contributed by atoms with Gasteiger partial charge in [0.25, 0.3) is 0 Å². The second kappa shape index (κ2) is 8.07. The lowest BCUT2D eigenvalue weighted by Gasteiger charge is -2.27. The molecule has 3 rings (SSSR count). The van der Waals surface area contributed by atoms with Gasteiger partial charge in [-0.1, -0.05) is 18.2 Å². The van der Waals surface area contributed by atoms with E-state index in [4.69, 9.17) is 10.8 Å². The van der Waals surface area contributed by atoms with Gasteiger partial charge in [0.05, 0.1) is 18.1 Å². The maximum atomic E-state index is 10.7. The molecule has 0 amide bonds. The van der Waals surface area contributed by atoms with Gasteiger partial charge in [-0.25, -0.2) is 4.98 Å². The molecule has 0 bridgehead atoms. The average Bonchev–Trinajstić information content (AvgIpc) is 2.62. The molecule has 0 aliphatic heterocycles. The zero-order valence-electron chi connectivity index (χ0n) is 14.2. The van der Waals surface area contributed by atoms with Gasteiger partial charge >= 0.3 is 5.97 Å². The van der Waals surface area contributed by atoms with Gasteiger partial charge in [0.15, 0.2) is 0 Å². The fourth-order valence-electron chi connectivity index (χ4n) is 3.18. The van der Waals surface area contributed by atoms with Crippen molar-refractivity contribution in [2.24, 2.45) is 5.73 Å². The van der Waals surface area contributed by atoms with Crippen molar-refractivity contribution in [1.82, 2.24) is 9.97 Å². The number of anilines is 1. The molecule has 1 aliphatic rings. The maximum absolute atomic E-state index is 10.7. The Bertz CT molecular complexity index is 727. The van der Waals surface area contributed by atoms with Gasteiger partial charge in [-0.2, -0.15) is 0 Å². The molecule has 1 aliphatic carbocycles. The SMILES string of the molecule is N[C@H]1CC[C@@H](Nc2cncc(-c3cccc(CCC(=O)O)c3)n2)CC1. The molecule has 6 nitrogen and oxygen atoms in total. The standard InChI is InChI=1S/C19H24N4O2/c20-15-5-7-16(8-6-15)22-18-12-21-11-17(23-18)14-3-1-2-13(10-14)4-9-19(24)25/h1-3,10-12,15-16H,4-9,20H2,(H,22,23)(H,24,25)/t15-,16+. The van der Waals surface area contributed by atoms with Crippen LogP contribution in [0.5, 0.6) is 0 Å². The summed E-state index contributed by atoms with van der Waals surface area (Å²) in [6.07, 6.45) is 8.30. The van der Waals surface area contributed by atoms with Gasteiger partial charge in [-0.15, -0.1) is 0 Å². The summed E-state index contributed by atoms with van der Waals surface area (Å²) in [5.74, 6) is -0.0162. The number of carbonyl (C=O) groups is 1. The molecular formula is C19H24N4O2. The molecule has 0 atom stereocenters. The van der Waals surface area contributed by atoms with Crippen molar-refractivity contribution in [3.05, 3.63) is 42.2 Å². The van der Waals surface area contributed by atoms with Gasteiger partial charge in [0, 0.05) is 24.1 Å². The minimum atomic E-state index is -0.788. The van der Waals surface area contributed by atoms with Crippen LogP contribution < -0.4 is 11.1 Å². The first-order valence-corrected chi connectivity index (χ1v) is 8.75. The zero-order chi connectivity index (χ0) is 17.6. The van der Waals surface area contributed by atoms with E-state index in [1.807, 2.05) is 24.3 Å². The number of carboxylic acid groups (broad SMARTS) is 1. The molecule has 1 heterocycles.